The molecule has 0 fully saturated rings. The summed E-state index contributed by atoms with van der Waals surface area (Å²) >= 11 is 6.02. The Balaban J connectivity index is 2.15. The Morgan fingerprint density at radius 3 is 2.00 bits per heavy atom. The van der Waals surface area contributed by atoms with Crippen LogP contribution in [0.5, 0.6) is 11.5 Å². The van der Waals surface area contributed by atoms with Gasteiger partial charge in [0.1, 0.15) is 11.5 Å². The van der Waals surface area contributed by atoms with Crippen LogP contribution in [0, 0.1) is 0 Å². The maximum Gasteiger partial charge on any atom is 0.262 e. The molecular weight excluding hydrogens is 428 g/mol. The van der Waals surface area contributed by atoms with Crippen LogP contribution >= 0.6 is 11.6 Å². The topological polar surface area (TPSA) is 81.1 Å². The standard InChI is InChI=1S/C25H25ClN2O4/c1-25(2,17-8-6-5-7-9-17)28(18-12-10-16(11-13-18)23(31)27(3)4)24(32)19-14-20(26)22(30)15-21(19)29/h5-15,29-30H,1-4H3. The van der Waals surface area contributed by atoms with Gasteiger partial charge in [0.25, 0.3) is 11.8 Å². The van der Waals surface area contributed by atoms with E-state index in [0.29, 0.717) is 11.3 Å². The first-order valence-electron chi connectivity index (χ1n) is 9.97. The van der Waals surface area contributed by atoms with Crippen molar-refractivity contribution in [2.75, 3.05) is 19.0 Å². The van der Waals surface area contributed by atoms with Crippen LogP contribution in [0.2, 0.25) is 5.02 Å². The van der Waals surface area contributed by atoms with Gasteiger partial charge in [-0.25, -0.2) is 0 Å². The van der Waals surface area contributed by atoms with Gasteiger partial charge in [0, 0.05) is 31.4 Å². The van der Waals surface area contributed by atoms with Crippen molar-refractivity contribution in [3.05, 3.63) is 88.4 Å². The molecule has 0 aliphatic heterocycles. The fourth-order valence-electron chi connectivity index (χ4n) is 3.52. The zero-order valence-corrected chi connectivity index (χ0v) is 19.1. The predicted octanol–water partition coefficient (Wildman–Crippen LogP) is 5.04. The highest BCUT2D eigenvalue weighted by molar-refractivity contribution is 6.32. The van der Waals surface area contributed by atoms with Crippen molar-refractivity contribution in [1.82, 2.24) is 4.90 Å². The molecule has 2 N–H and O–H groups in total. The third-order valence-electron chi connectivity index (χ3n) is 5.32. The number of carbonyl (C=O) groups excluding carboxylic acids is 2. The number of rotatable bonds is 5. The van der Waals surface area contributed by atoms with Crippen molar-refractivity contribution in [2.45, 2.75) is 19.4 Å². The molecule has 7 heteroatoms. The Labute approximate surface area is 192 Å². The fourth-order valence-corrected chi connectivity index (χ4v) is 3.69. The number of halogens is 1. The van der Waals surface area contributed by atoms with Crippen LogP contribution in [0.4, 0.5) is 5.69 Å². The van der Waals surface area contributed by atoms with Crippen LogP contribution in [0.3, 0.4) is 0 Å². The number of hydrogen-bond acceptors (Lipinski definition) is 4. The molecule has 166 valence electrons. The summed E-state index contributed by atoms with van der Waals surface area (Å²) in [7, 11) is 3.34. The number of benzene rings is 3. The smallest absolute Gasteiger partial charge is 0.262 e. The number of aromatic hydroxyl groups is 2. The van der Waals surface area contributed by atoms with Crippen molar-refractivity contribution in [3.63, 3.8) is 0 Å². The van der Waals surface area contributed by atoms with Gasteiger partial charge in [0.15, 0.2) is 0 Å². The molecule has 3 aromatic carbocycles. The minimum Gasteiger partial charge on any atom is -0.507 e. The third kappa shape index (κ3) is 4.41. The quantitative estimate of drug-likeness (QED) is 0.568. The largest absolute Gasteiger partial charge is 0.507 e. The molecule has 0 radical (unpaired) electrons. The minimum atomic E-state index is -0.831. The number of anilines is 1. The first kappa shape index (κ1) is 23.2. The summed E-state index contributed by atoms with van der Waals surface area (Å²) in [5.74, 6) is -1.36. The number of phenols is 2. The van der Waals surface area contributed by atoms with Crippen molar-refractivity contribution in [1.29, 1.82) is 0 Å². The van der Waals surface area contributed by atoms with Gasteiger partial charge in [-0.3, -0.25) is 14.5 Å². The van der Waals surface area contributed by atoms with E-state index >= 15 is 0 Å². The molecule has 3 aromatic rings. The lowest BCUT2D eigenvalue weighted by atomic mass is 9.90. The third-order valence-corrected chi connectivity index (χ3v) is 5.62. The van der Waals surface area contributed by atoms with E-state index in [-0.39, 0.29) is 28.0 Å². The lowest BCUT2D eigenvalue weighted by Gasteiger charge is -2.39. The van der Waals surface area contributed by atoms with E-state index in [1.54, 1.807) is 38.4 Å². The number of hydrogen-bond donors (Lipinski definition) is 2. The molecule has 0 unspecified atom stereocenters. The molecule has 0 spiro atoms. The van der Waals surface area contributed by atoms with E-state index in [1.165, 1.54) is 15.9 Å². The van der Waals surface area contributed by atoms with Crippen LogP contribution in [-0.2, 0) is 5.54 Å². The van der Waals surface area contributed by atoms with Gasteiger partial charge in [-0.2, -0.15) is 0 Å². The zero-order chi connectivity index (χ0) is 23.6. The highest BCUT2D eigenvalue weighted by Gasteiger charge is 2.36. The normalized spacial score (nSPS) is 11.2. The number of phenolic OH excluding ortho intramolecular Hbond substituents is 2. The van der Waals surface area contributed by atoms with Crippen LogP contribution < -0.4 is 4.90 Å². The van der Waals surface area contributed by atoms with Gasteiger partial charge in [-0.05, 0) is 49.7 Å². The van der Waals surface area contributed by atoms with E-state index in [1.807, 2.05) is 44.2 Å². The molecule has 0 aliphatic carbocycles. The van der Waals surface area contributed by atoms with Gasteiger partial charge < -0.3 is 15.1 Å². The van der Waals surface area contributed by atoms with E-state index in [0.717, 1.165) is 11.6 Å². The minimum absolute atomic E-state index is 0.0458. The average Bonchev–Trinajstić information content (AvgIpc) is 2.76. The van der Waals surface area contributed by atoms with Crippen molar-refractivity contribution < 1.29 is 19.8 Å². The second-order valence-corrected chi connectivity index (χ2v) is 8.54. The van der Waals surface area contributed by atoms with Crippen LogP contribution in [0.25, 0.3) is 0 Å². The van der Waals surface area contributed by atoms with Crippen molar-refractivity contribution in [3.8, 4) is 11.5 Å². The summed E-state index contributed by atoms with van der Waals surface area (Å²) in [4.78, 5) is 29.0. The fraction of sp³-hybridized carbons (Fsp3) is 0.200. The first-order chi connectivity index (χ1) is 15.0. The summed E-state index contributed by atoms with van der Waals surface area (Å²) in [6.45, 7) is 3.77. The SMILES string of the molecule is CN(C)C(=O)c1ccc(N(C(=O)c2cc(Cl)c(O)cc2O)C(C)(C)c2ccccc2)cc1. The van der Waals surface area contributed by atoms with Gasteiger partial charge in [0.05, 0.1) is 16.1 Å². The van der Waals surface area contributed by atoms with Crippen LogP contribution in [-0.4, -0.2) is 41.0 Å². The summed E-state index contributed by atoms with van der Waals surface area (Å²) in [5.41, 5.74) is 1.00. The van der Waals surface area contributed by atoms with Gasteiger partial charge in [0.2, 0.25) is 0 Å². The molecule has 0 atom stereocenters. The molecule has 32 heavy (non-hydrogen) atoms. The Bertz CT molecular complexity index is 1140. The maximum atomic E-state index is 13.7. The Morgan fingerprint density at radius 1 is 0.844 bits per heavy atom. The Kier molecular flexibility index (Phi) is 6.46. The maximum absolute atomic E-state index is 13.7. The van der Waals surface area contributed by atoms with Gasteiger partial charge in [-0.1, -0.05) is 41.9 Å². The summed E-state index contributed by atoms with van der Waals surface area (Å²) in [6.07, 6.45) is 0. The summed E-state index contributed by atoms with van der Waals surface area (Å²) in [5, 5.41) is 20.1. The second-order valence-electron chi connectivity index (χ2n) is 8.13. The molecule has 0 saturated heterocycles. The van der Waals surface area contributed by atoms with Crippen LogP contribution in [0.15, 0.2) is 66.7 Å². The lowest BCUT2D eigenvalue weighted by Crippen LogP contribution is -2.46. The highest BCUT2D eigenvalue weighted by atomic mass is 35.5. The van der Waals surface area contributed by atoms with Gasteiger partial charge >= 0.3 is 0 Å². The molecule has 2 amide bonds. The van der Waals surface area contributed by atoms with Crippen LogP contribution in [0.1, 0.15) is 40.1 Å². The predicted molar refractivity (Wildman–Crippen MR) is 126 cm³/mol. The molecule has 0 heterocycles. The van der Waals surface area contributed by atoms with E-state index < -0.39 is 11.4 Å². The Hall–Kier alpha value is -3.51. The van der Waals surface area contributed by atoms with Crippen molar-refractivity contribution >= 4 is 29.1 Å². The van der Waals surface area contributed by atoms with E-state index in [9.17, 15) is 19.8 Å². The molecule has 0 saturated carbocycles. The molecular formula is C25H25ClN2O4. The van der Waals surface area contributed by atoms with Crippen molar-refractivity contribution in [2.24, 2.45) is 0 Å². The lowest BCUT2D eigenvalue weighted by molar-refractivity contribution is 0.0827. The second kappa shape index (κ2) is 8.93. The molecule has 3 rings (SSSR count). The molecule has 6 nitrogen and oxygen atoms in total. The highest BCUT2D eigenvalue weighted by Crippen LogP contribution is 2.38. The first-order valence-corrected chi connectivity index (χ1v) is 10.3. The molecule has 0 bridgehead atoms. The zero-order valence-electron chi connectivity index (χ0n) is 18.3. The van der Waals surface area contributed by atoms with E-state index in [4.69, 9.17) is 11.6 Å². The number of amides is 2. The van der Waals surface area contributed by atoms with Gasteiger partial charge in [-0.15, -0.1) is 0 Å². The average molecular weight is 453 g/mol. The Morgan fingerprint density at radius 2 is 1.44 bits per heavy atom. The van der Waals surface area contributed by atoms with E-state index in [2.05, 4.69) is 0 Å². The number of nitrogens with zero attached hydrogens (tertiary/aromatic N) is 2. The molecule has 0 aliphatic rings. The summed E-state index contributed by atoms with van der Waals surface area (Å²) < 4.78 is 0. The number of carbonyl (C=O) groups is 2. The molecule has 0 aromatic heterocycles. The monoisotopic (exact) mass is 452 g/mol. The summed E-state index contributed by atoms with van der Waals surface area (Å²) in [6, 6.07) is 18.5.